The highest BCUT2D eigenvalue weighted by atomic mass is 16.5. The van der Waals surface area contributed by atoms with Crippen LogP contribution < -0.4 is 25.0 Å². The van der Waals surface area contributed by atoms with Crippen molar-refractivity contribution in [1.29, 1.82) is 0 Å². The van der Waals surface area contributed by atoms with Gasteiger partial charge in [0, 0.05) is 38.3 Å². The fourth-order valence-electron chi connectivity index (χ4n) is 4.41. The molecular formula is C28H34N4O3. The first-order valence-electron chi connectivity index (χ1n) is 12.1. The average molecular weight is 475 g/mol. The SMILES string of the molecule is COc1cccc(-c2ccccc2NC(=O)NCCCN2CCN(c3ccccc3OC)CC2)c1. The van der Waals surface area contributed by atoms with Gasteiger partial charge in [0.2, 0.25) is 0 Å². The van der Waals surface area contributed by atoms with Crippen molar-refractivity contribution < 1.29 is 14.3 Å². The van der Waals surface area contributed by atoms with Crippen molar-refractivity contribution in [3.8, 4) is 22.6 Å². The smallest absolute Gasteiger partial charge is 0.319 e. The number of nitrogens with zero attached hydrogens (tertiary/aromatic N) is 2. The third kappa shape index (κ3) is 6.45. The van der Waals surface area contributed by atoms with Crippen molar-refractivity contribution in [1.82, 2.24) is 10.2 Å². The van der Waals surface area contributed by atoms with E-state index in [9.17, 15) is 4.79 Å². The molecule has 1 aliphatic heterocycles. The molecule has 0 radical (unpaired) electrons. The number of rotatable bonds is 9. The number of nitrogens with one attached hydrogen (secondary N) is 2. The van der Waals surface area contributed by atoms with Gasteiger partial charge in [0.1, 0.15) is 11.5 Å². The van der Waals surface area contributed by atoms with E-state index in [1.54, 1.807) is 14.2 Å². The van der Waals surface area contributed by atoms with Crippen LogP contribution in [0.2, 0.25) is 0 Å². The zero-order valence-electron chi connectivity index (χ0n) is 20.5. The molecule has 3 aromatic carbocycles. The van der Waals surface area contributed by atoms with Crippen LogP contribution in [0.15, 0.2) is 72.8 Å². The largest absolute Gasteiger partial charge is 0.497 e. The number of anilines is 2. The Labute approximate surface area is 207 Å². The van der Waals surface area contributed by atoms with Crippen molar-refractivity contribution in [3.05, 3.63) is 72.8 Å². The van der Waals surface area contributed by atoms with Crippen LogP contribution in [-0.2, 0) is 0 Å². The number of amides is 2. The van der Waals surface area contributed by atoms with Gasteiger partial charge < -0.3 is 25.0 Å². The minimum Gasteiger partial charge on any atom is -0.497 e. The van der Waals surface area contributed by atoms with Gasteiger partial charge in [-0.3, -0.25) is 4.90 Å². The van der Waals surface area contributed by atoms with E-state index < -0.39 is 0 Å². The lowest BCUT2D eigenvalue weighted by molar-refractivity contribution is 0.244. The molecule has 0 bridgehead atoms. The molecule has 0 saturated carbocycles. The Balaban J connectivity index is 1.21. The fourth-order valence-corrected chi connectivity index (χ4v) is 4.41. The zero-order valence-corrected chi connectivity index (χ0v) is 20.5. The van der Waals surface area contributed by atoms with Crippen LogP contribution in [0.1, 0.15) is 6.42 Å². The molecule has 2 amide bonds. The minimum absolute atomic E-state index is 0.193. The number of carbonyl (C=O) groups excluding carboxylic acids is 1. The summed E-state index contributed by atoms with van der Waals surface area (Å²) < 4.78 is 10.8. The standard InChI is InChI=1S/C28H34N4O3/c1-34-23-10-7-9-22(21-23)24-11-3-4-12-25(24)30-28(33)29-15-8-16-31-17-19-32(20-18-31)26-13-5-6-14-27(26)35-2/h3-7,9-14,21H,8,15-20H2,1-2H3,(H2,29,30,33). The predicted molar refractivity (Wildman–Crippen MR) is 142 cm³/mol. The highest BCUT2D eigenvalue weighted by Gasteiger charge is 2.19. The summed E-state index contributed by atoms with van der Waals surface area (Å²) in [7, 11) is 3.37. The molecule has 3 aromatic rings. The van der Waals surface area contributed by atoms with Crippen LogP contribution >= 0.6 is 0 Å². The molecule has 1 saturated heterocycles. The first-order valence-corrected chi connectivity index (χ1v) is 12.1. The first kappa shape index (κ1) is 24.4. The van der Waals surface area contributed by atoms with Gasteiger partial charge in [-0.1, -0.05) is 42.5 Å². The third-order valence-electron chi connectivity index (χ3n) is 6.29. The van der Waals surface area contributed by atoms with Gasteiger partial charge in [-0.05, 0) is 48.9 Å². The summed E-state index contributed by atoms with van der Waals surface area (Å²) in [5, 5.41) is 5.99. The Kier molecular flexibility index (Phi) is 8.46. The summed E-state index contributed by atoms with van der Waals surface area (Å²) in [5.41, 5.74) is 3.87. The number of para-hydroxylation sites is 3. The maximum absolute atomic E-state index is 12.6. The summed E-state index contributed by atoms with van der Waals surface area (Å²) in [5.74, 6) is 1.70. The fraction of sp³-hybridized carbons (Fsp3) is 0.321. The molecule has 7 nitrogen and oxygen atoms in total. The van der Waals surface area contributed by atoms with E-state index in [0.29, 0.717) is 6.54 Å². The molecule has 0 aliphatic carbocycles. The second-order valence-electron chi connectivity index (χ2n) is 8.51. The van der Waals surface area contributed by atoms with E-state index in [4.69, 9.17) is 9.47 Å². The maximum Gasteiger partial charge on any atom is 0.319 e. The van der Waals surface area contributed by atoms with Crippen LogP contribution in [0.5, 0.6) is 11.5 Å². The number of benzene rings is 3. The van der Waals surface area contributed by atoms with Crippen molar-refractivity contribution in [3.63, 3.8) is 0 Å². The molecule has 1 aliphatic rings. The van der Waals surface area contributed by atoms with Gasteiger partial charge in [-0.15, -0.1) is 0 Å². The summed E-state index contributed by atoms with van der Waals surface area (Å²) in [6.07, 6.45) is 0.902. The molecule has 0 spiro atoms. The molecule has 35 heavy (non-hydrogen) atoms. The normalized spacial score (nSPS) is 13.8. The monoisotopic (exact) mass is 474 g/mol. The van der Waals surface area contributed by atoms with Gasteiger partial charge in [-0.25, -0.2) is 4.79 Å². The molecule has 4 rings (SSSR count). The van der Waals surface area contributed by atoms with E-state index >= 15 is 0 Å². The number of piperazine rings is 1. The molecule has 0 atom stereocenters. The van der Waals surface area contributed by atoms with E-state index in [-0.39, 0.29) is 6.03 Å². The second kappa shape index (κ2) is 12.1. The third-order valence-corrected chi connectivity index (χ3v) is 6.29. The Hall–Kier alpha value is -3.71. The quantitative estimate of drug-likeness (QED) is 0.440. The predicted octanol–water partition coefficient (Wildman–Crippen LogP) is 4.70. The number of urea groups is 1. The second-order valence-corrected chi connectivity index (χ2v) is 8.51. The average Bonchev–Trinajstić information content (AvgIpc) is 2.92. The first-order chi connectivity index (χ1) is 17.2. The van der Waals surface area contributed by atoms with Gasteiger partial charge in [0.15, 0.2) is 0 Å². The van der Waals surface area contributed by atoms with Crippen LogP contribution in [0, 0.1) is 0 Å². The topological polar surface area (TPSA) is 66.1 Å². The molecule has 7 heteroatoms. The maximum atomic E-state index is 12.6. The van der Waals surface area contributed by atoms with Crippen molar-refractivity contribution >= 4 is 17.4 Å². The Morgan fingerprint density at radius 1 is 0.886 bits per heavy atom. The van der Waals surface area contributed by atoms with E-state index in [1.165, 1.54) is 0 Å². The van der Waals surface area contributed by atoms with Gasteiger partial charge in [0.25, 0.3) is 0 Å². The molecule has 0 aromatic heterocycles. The molecule has 0 unspecified atom stereocenters. The van der Waals surface area contributed by atoms with Gasteiger partial charge in [0.05, 0.1) is 25.6 Å². The lowest BCUT2D eigenvalue weighted by Gasteiger charge is -2.36. The van der Waals surface area contributed by atoms with Crippen LogP contribution in [0.4, 0.5) is 16.2 Å². The Morgan fingerprint density at radius 3 is 2.46 bits per heavy atom. The van der Waals surface area contributed by atoms with Crippen molar-refractivity contribution in [2.45, 2.75) is 6.42 Å². The summed E-state index contributed by atoms with van der Waals surface area (Å²) in [6.45, 7) is 5.52. The lowest BCUT2D eigenvalue weighted by Crippen LogP contribution is -2.47. The van der Waals surface area contributed by atoms with Crippen molar-refractivity contribution in [2.75, 3.05) is 63.7 Å². The van der Waals surface area contributed by atoms with E-state index in [0.717, 1.165) is 73.1 Å². The van der Waals surface area contributed by atoms with Crippen LogP contribution in [-0.4, -0.2) is 64.4 Å². The highest BCUT2D eigenvalue weighted by Crippen LogP contribution is 2.30. The lowest BCUT2D eigenvalue weighted by atomic mass is 10.0. The van der Waals surface area contributed by atoms with Gasteiger partial charge >= 0.3 is 6.03 Å². The Bertz CT molecular complexity index is 1110. The number of carbonyl (C=O) groups is 1. The highest BCUT2D eigenvalue weighted by molar-refractivity contribution is 5.94. The number of hydrogen-bond acceptors (Lipinski definition) is 5. The molecule has 2 N–H and O–H groups in total. The van der Waals surface area contributed by atoms with Gasteiger partial charge in [-0.2, -0.15) is 0 Å². The minimum atomic E-state index is -0.193. The van der Waals surface area contributed by atoms with Crippen LogP contribution in [0.3, 0.4) is 0 Å². The Morgan fingerprint density at radius 2 is 1.66 bits per heavy atom. The summed E-state index contributed by atoms with van der Waals surface area (Å²) in [4.78, 5) is 17.4. The molecular weight excluding hydrogens is 440 g/mol. The number of hydrogen-bond donors (Lipinski definition) is 2. The summed E-state index contributed by atoms with van der Waals surface area (Å²) in [6, 6.07) is 23.6. The van der Waals surface area contributed by atoms with Crippen LogP contribution in [0.25, 0.3) is 11.1 Å². The molecule has 1 fully saturated rings. The molecule has 1 heterocycles. The van der Waals surface area contributed by atoms with E-state index in [2.05, 4.69) is 32.6 Å². The number of ether oxygens (including phenoxy) is 2. The van der Waals surface area contributed by atoms with Crippen molar-refractivity contribution in [2.24, 2.45) is 0 Å². The number of methoxy groups -OCH3 is 2. The van der Waals surface area contributed by atoms with E-state index in [1.807, 2.05) is 60.7 Å². The summed E-state index contributed by atoms with van der Waals surface area (Å²) >= 11 is 0. The molecule has 184 valence electrons. The zero-order chi connectivity index (χ0) is 24.5.